The second-order valence-corrected chi connectivity index (χ2v) is 7.26. The van der Waals surface area contributed by atoms with E-state index in [0.717, 1.165) is 19.3 Å². The number of carbonyl (C=O) groups is 2. The summed E-state index contributed by atoms with van der Waals surface area (Å²) in [7, 11) is 0. The van der Waals surface area contributed by atoms with Gasteiger partial charge in [-0.1, -0.05) is 32.4 Å². The van der Waals surface area contributed by atoms with Crippen molar-refractivity contribution >= 4 is 11.9 Å². The molecular weight excluding hydrogens is 270 g/mol. The monoisotopic (exact) mass is 295 g/mol. The molecule has 2 N–H and O–H groups in total. The fourth-order valence-electron chi connectivity index (χ4n) is 3.13. The van der Waals surface area contributed by atoms with Crippen molar-refractivity contribution < 1.29 is 19.1 Å². The Kier molecular flexibility index (Phi) is 4.15. The van der Waals surface area contributed by atoms with Gasteiger partial charge in [0.2, 0.25) is 5.78 Å². The van der Waals surface area contributed by atoms with E-state index in [-0.39, 0.29) is 17.1 Å². The highest BCUT2D eigenvalue weighted by atomic mass is 16.6. The van der Waals surface area contributed by atoms with Crippen molar-refractivity contribution in [1.82, 2.24) is 0 Å². The Bertz CT molecular complexity index is 471. The van der Waals surface area contributed by atoms with Crippen LogP contribution in [0.25, 0.3) is 0 Å². The normalized spacial score (nSPS) is 27.7. The van der Waals surface area contributed by atoms with E-state index >= 15 is 0 Å². The molecule has 1 aliphatic heterocycles. The van der Waals surface area contributed by atoms with Gasteiger partial charge in [0.25, 0.3) is 0 Å². The van der Waals surface area contributed by atoms with E-state index < -0.39 is 17.8 Å². The van der Waals surface area contributed by atoms with Gasteiger partial charge >= 0.3 is 6.09 Å². The molecule has 1 heterocycles. The zero-order valence-corrected chi connectivity index (χ0v) is 13.3. The fourth-order valence-corrected chi connectivity index (χ4v) is 3.13. The van der Waals surface area contributed by atoms with Gasteiger partial charge < -0.3 is 15.2 Å². The van der Waals surface area contributed by atoms with Crippen LogP contribution in [0, 0.1) is 11.3 Å². The molecule has 3 atom stereocenters. The quantitative estimate of drug-likeness (QED) is 0.624. The highest BCUT2D eigenvalue weighted by Crippen LogP contribution is 2.43. The lowest BCUT2D eigenvalue weighted by Gasteiger charge is -2.37. The van der Waals surface area contributed by atoms with Crippen molar-refractivity contribution in [3.63, 3.8) is 0 Å². The molecule has 0 aromatic heterocycles. The highest BCUT2D eigenvalue weighted by molar-refractivity contribution is 5.94. The van der Waals surface area contributed by atoms with Crippen LogP contribution in [0.5, 0.6) is 0 Å². The van der Waals surface area contributed by atoms with Crippen molar-refractivity contribution in [2.24, 2.45) is 17.1 Å². The van der Waals surface area contributed by atoms with Crippen molar-refractivity contribution in [3.8, 4) is 0 Å². The second-order valence-electron chi connectivity index (χ2n) is 7.26. The summed E-state index contributed by atoms with van der Waals surface area (Å²) in [5.74, 6) is -0.352. The van der Waals surface area contributed by atoms with Gasteiger partial charge in [0.1, 0.15) is 0 Å². The number of hydrogen-bond acceptors (Lipinski definition) is 4. The smallest absolute Gasteiger partial charge is 0.405 e. The van der Waals surface area contributed by atoms with Crippen LogP contribution >= 0.6 is 0 Å². The number of nitrogens with two attached hydrogens (primary N) is 1. The Balaban J connectivity index is 2.34. The maximum atomic E-state index is 12.7. The first-order valence-electron chi connectivity index (χ1n) is 7.48. The van der Waals surface area contributed by atoms with Crippen LogP contribution in [0.4, 0.5) is 4.79 Å². The molecule has 2 rings (SSSR count). The predicted octanol–water partition coefficient (Wildman–Crippen LogP) is 2.58. The lowest BCUT2D eigenvalue weighted by molar-refractivity contribution is -0.136. The van der Waals surface area contributed by atoms with Gasteiger partial charge in [-0.15, -0.1) is 0 Å². The standard InChI is InChI=1S/C16H25NO4/c1-15(2,3)11(10-7-5-6-8-10)12(21-14(17)19)13(18)16(4)9-20-16/h7,11-12H,5-6,8-9H2,1-4H3,(H2,17,19)/t11?,12-,16+/m0/s1. The molecule has 0 aromatic carbocycles. The summed E-state index contributed by atoms with van der Waals surface area (Å²) in [5.41, 5.74) is 5.35. The van der Waals surface area contributed by atoms with Crippen molar-refractivity contribution in [1.29, 1.82) is 0 Å². The number of epoxide rings is 1. The molecular formula is C16H25NO4. The maximum absolute atomic E-state index is 12.7. The van der Waals surface area contributed by atoms with Crippen LogP contribution in [0.3, 0.4) is 0 Å². The first-order chi connectivity index (χ1) is 9.65. The second kappa shape index (κ2) is 5.44. The molecule has 5 nitrogen and oxygen atoms in total. The Morgan fingerprint density at radius 3 is 2.43 bits per heavy atom. The summed E-state index contributed by atoms with van der Waals surface area (Å²) >= 11 is 0. The van der Waals surface area contributed by atoms with E-state index in [1.807, 2.05) is 0 Å². The third-order valence-corrected chi connectivity index (χ3v) is 4.31. The number of ketones is 1. The van der Waals surface area contributed by atoms with E-state index in [0.29, 0.717) is 6.61 Å². The maximum Gasteiger partial charge on any atom is 0.405 e. The Morgan fingerprint density at radius 1 is 1.43 bits per heavy atom. The van der Waals surface area contributed by atoms with Gasteiger partial charge in [0.05, 0.1) is 6.61 Å². The Morgan fingerprint density at radius 2 is 2.05 bits per heavy atom. The van der Waals surface area contributed by atoms with Gasteiger partial charge in [0, 0.05) is 5.92 Å². The Labute approximate surface area is 125 Å². The predicted molar refractivity (Wildman–Crippen MR) is 78.7 cm³/mol. The molecule has 1 aliphatic carbocycles. The summed E-state index contributed by atoms with van der Waals surface area (Å²) in [6, 6.07) is 0. The molecule has 0 spiro atoms. The number of hydrogen-bond donors (Lipinski definition) is 1. The van der Waals surface area contributed by atoms with Gasteiger partial charge in [-0.3, -0.25) is 4.79 Å². The van der Waals surface area contributed by atoms with Gasteiger partial charge in [-0.2, -0.15) is 0 Å². The minimum atomic E-state index is -0.912. The molecule has 0 aromatic rings. The summed E-state index contributed by atoms with van der Waals surface area (Å²) in [6.45, 7) is 8.27. The van der Waals surface area contributed by atoms with Crippen LogP contribution in [0.2, 0.25) is 0 Å². The summed E-state index contributed by atoms with van der Waals surface area (Å²) in [6.07, 6.45) is 3.40. The fraction of sp³-hybridized carbons (Fsp3) is 0.750. The van der Waals surface area contributed by atoms with Gasteiger partial charge in [-0.25, -0.2) is 4.79 Å². The lowest BCUT2D eigenvalue weighted by atomic mass is 9.70. The summed E-state index contributed by atoms with van der Waals surface area (Å²) in [4.78, 5) is 24.0. The zero-order chi connectivity index (χ0) is 15.8. The zero-order valence-electron chi connectivity index (χ0n) is 13.3. The highest BCUT2D eigenvalue weighted by Gasteiger charge is 2.54. The SMILES string of the molecule is CC(C)(C)C(C1=CCCC1)[C@H](OC(N)=O)C(=O)[C@@]1(C)CO1. The molecule has 1 saturated heterocycles. The van der Waals surface area contributed by atoms with Crippen LogP contribution in [-0.4, -0.2) is 30.2 Å². The minimum absolute atomic E-state index is 0.166. The van der Waals surface area contributed by atoms with Crippen LogP contribution in [0.1, 0.15) is 47.0 Å². The van der Waals surface area contributed by atoms with Crippen LogP contribution < -0.4 is 5.73 Å². The molecule has 5 heteroatoms. The third-order valence-electron chi connectivity index (χ3n) is 4.31. The van der Waals surface area contributed by atoms with E-state index in [2.05, 4.69) is 26.8 Å². The largest absolute Gasteiger partial charge is 0.438 e. The molecule has 1 unspecified atom stereocenters. The molecule has 0 radical (unpaired) electrons. The van der Waals surface area contributed by atoms with E-state index in [9.17, 15) is 9.59 Å². The average molecular weight is 295 g/mol. The topological polar surface area (TPSA) is 81.9 Å². The molecule has 21 heavy (non-hydrogen) atoms. The summed E-state index contributed by atoms with van der Waals surface area (Å²) in [5, 5.41) is 0. The minimum Gasteiger partial charge on any atom is -0.438 e. The molecule has 118 valence electrons. The molecule has 0 saturated carbocycles. The number of rotatable bonds is 5. The molecule has 2 aliphatic rings. The number of primary amides is 1. The van der Waals surface area contributed by atoms with E-state index in [1.54, 1.807) is 6.92 Å². The third kappa shape index (κ3) is 3.46. The van der Waals surface area contributed by atoms with Crippen molar-refractivity contribution in [3.05, 3.63) is 11.6 Å². The number of Topliss-reactive ketones (excluding diaryl/α,β-unsaturated/α-hetero) is 1. The molecule has 1 fully saturated rings. The number of amides is 1. The number of allylic oxidation sites excluding steroid dienone is 1. The van der Waals surface area contributed by atoms with Crippen molar-refractivity contribution in [2.75, 3.05) is 6.61 Å². The average Bonchev–Trinajstić information content (AvgIpc) is 2.88. The van der Waals surface area contributed by atoms with Crippen LogP contribution in [0.15, 0.2) is 11.6 Å². The molecule has 0 bridgehead atoms. The molecule has 1 amide bonds. The van der Waals surface area contributed by atoms with E-state index in [1.165, 1.54) is 5.57 Å². The van der Waals surface area contributed by atoms with E-state index in [4.69, 9.17) is 15.2 Å². The Hall–Kier alpha value is -1.36. The number of ether oxygens (including phenoxy) is 2. The van der Waals surface area contributed by atoms with Crippen LogP contribution in [-0.2, 0) is 14.3 Å². The van der Waals surface area contributed by atoms with Crippen molar-refractivity contribution in [2.45, 2.75) is 58.7 Å². The van der Waals surface area contributed by atoms with Gasteiger partial charge in [0.15, 0.2) is 11.7 Å². The number of carbonyl (C=O) groups excluding carboxylic acids is 2. The van der Waals surface area contributed by atoms with Gasteiger partial charge in [-0.05, 0) is 31.6 Å². The lowest BCUT2D eigenvalue weighted by Crippen LogP contribution is -2.47. The first-order valence-corrected chi connectivity index (χ1v) is 7.48. The first kappa shape index (κ1) is 16.0. The summed E-state index contributed by atoms with van der Waals surface area (Å²) < 4.78 is 10.5.